The molecule has 0 bridgehead atoms. The van der Waals surface area contributed by atoms with Gasteiger partial charge in [0.1, 0.15) is 0 Å². The van der Waals surface area contributed by atoms with E-state index in [-0.39, 0.29) is 5.91 Å². The van der Waals surface area contributed by atoms with Crippen molar-refractivity contribution in [1.82, 2.24) is 4.98 Å². The van der Waals surface area contributed by atoms with Gasteiger partial charge in [-0.25, -0.2) is 4.98 Å². The second-order valence-electron chi connectivity index (χ2n) is 4.54. The Bertz CT molecular complexity index is 612. The highest BCUT2D eigenvalue weighted by atomic mass is 32.2. The molecule has 2 N–H and O–H groups in total. The van der Waals surface area contributed by atoms with Gasteiger partial charge in [0.15, 0.2) is 0 Å². The second kappa shape index (κ2) is 7.24. The SMILES string of the molecule is CCSc1ccc(C(=O)Nc2ccccc2C(C)O)cn1. The van der Waals surface area contributed by atoms with E-state index >= 15 is 0 Å². The quantitative estimate of drug-likeness (QED) is 0.830. The van der Waals surface area contributed by atoms with Crippen molar-refractivity contribution in [3.63, 3.8) is 0 Å². The zero-order valence-corrected chi connectivity index (χ0v) is 12.9. The lowest BCUT2D eigenvalue weighted by molar-refractivity contribution is 0.102. The Labute approximate surface area is 128 Å². The van der Waals surface area contributed by atoms with Crippen LogP contribution in [0.15, 0.2) is 47.6 Å². The molecule has 5 heteroatoms. The number of amides is 1. The molecule has 4 nitrogen and oxygen atoms in total. The van der Waals surface area contributed by atoms with E-state index in [1.54, 1.807) is 43.1 Å². The summed E-state index contributed by atoms with van der Waals surface area (Å²) in [5.41, 5.74) is 1.80. The van der Waals surface area contributed by atoms with Gasteiger partial charge in [0.05, 0.1) is 16.7 Å². The van der Waals surface area contributed by atoms with Crippen molar-refractivity contribution in [3.8, 4) is 0 Å². The molecule has 0 aliphatic rings. The van der Waals surface area contributed by atoms with Gasteiger partial charge in [-0.1, -0.05) is 25.1 Å². The van der Waals surface area contributed by atoms with E-state index < -0.39 is 6.10 Å². The standard InChI is InChI=1S/C16H18N2O2S/c1-3-21-15-9-8-12(10-17-15)16(20)18-14-7-5-4-6-13(14)11(2)19/h4-11,19H,3H2,1-2H3,(H,18,20). The number of nitrogens with zero attached hydrogens (tertiary/aromatic N) is 1. The first-order valence-electron chi connectivity index (χ1n) is 6.79. The summed E-state index contributed by atoms with van der Waals surface area (Å²) in [4.78, 5) is 16.5. The maximum atomic E-state index is 12.2. The van der Waals surface area contributed by atoms with Crippen LogP contribution in [-0.4, -0.2) is 21.8 Å². The first-order valence-corrected chi connectivity index (χ1v) is 7.77. The van der Waals surface area contributed by atoms with Crippen LogP contribution in [0.4, 0.5) is 5.69 Å². The fourth-order valence-corrected chi connectivity index (χ4v) is 2.50. The Kier molecular flexibility index (Phi) is 5.36. The molecular formula is C16H18N2O2S. The molecule has 0 aliphatic heterocycles. The smallest absolute Gasteiger partial charge is 0.257 e. The number of thioether (sulfide) groups is 1. The molecule has 1 aromatic carbocycles. The maximum absolute atomic E-state index is 12.2. The summed E-state index contributed by atoms with van der Waals surface area (Å²) >= 11 is 1.63. The minimum absolute atomic E-state index is 0.233. The van der Waals surface area contributed by atoms with Gasteiger partial charge in [-0.2, -0.15) is 0 Å². The van der Waals surface area contributed by atoms with E-state index in [2.05, 4.69) is 17.2 Å². The average Bonchev–Trinajstić information content (AvgIpc) is 2.48. The fraction of sp³-hybridized carbons (Fsp3) is 0.250. The Hall–Kier alpha value is -1.85. The zero-order valence-electron chi connectivity index (χ0n) is 12.0. The molecule has 1 aromatic heterocycles. The molecule has 0 radical (unpaired) electrons. The normalized spacial score (nSPS) is 12.0. The molecule has 1 unspecified atom stereocenters. The van der Waals surface area contributed by atoms with E-state index in [4.69, 9.17) is 0 Å². The van der Waals surface area contributed by atoms with Crippen LogP contribution in [0.1, 0.15) is 35.9 Å². The number of anilines is 1. The molecule has 1 heterocycles. The summed E-state index contributed by atoms with van der Waals surface area (Å²) in [7, 11) is 0. The van der Waals surface area contributed by atoms with Crippen molar-refractivity contribution in [2.75, 3.05) is 11.1 Å². The molecule has 110 valence electrons. The number of nitrogens with one attached hydrogen (secondary N) is 1. The third kappa shape index (κ3) is 4.06. The second-order valence-corrected chi connectivity index (χ2v) is 5.82. The number of hydrogen-bond acceptors (Lipinski definition) is 4. The van der Waals surface area contributed by atoms with Gasteiger partial charge in [-0.15, -0.1) is 11.8 Å². The molecule has 21 heavy (non-hydrogen) atoms. The minimum Gasteiger partial charge on any atom is -0.389 e. The summed E-state index contributed by atoms with van der Waals surface area (Å²) in [6.07, 6.45) is 0.932. The zero-order chi connectivity index (χ0) is 15.2. The largest absolute Gasteiger partial charge is 0.389 e. The lowest BCUT2D eigenvalue weighted by atomic mass is 10.1. The van der Waals surface area contributed by atoms with E-state index in [9.17, 15) is 9.90 Å². The van der Waals surface area contributed by atoms with Crippen molar-refractivity contribution < 1.29 is 9.90 Å². The van der Waals surface area contributed by atoms with Crippen molar-refractivity contribution in [3.05, 3.63) is 53.7 Å². The Balaban J connectivity index is 2.14. The number of benzene rings is 1. The molecule has 0 fully saturated rings. The third-order valence-electron chi connectivity index (χ3n) is 2.95. The van der Waals surface area contributed by atoms with Crippen LogP contribution >= 0.6 is 11.8 Å². The number of pyridine rings is 1. The third-order valence-corrected chi connectivity index (χ3v) is 3.78. The molecule has 0 spiro atoms. The lowest BCUT2D eigenvalue weighted by Gasteiger charge is -2.13. The highest BCUT2D eigenvalue weighted by Gasteiger charge is 2.11. The van der Waals surface area contributed by atoms with Crippen LogP contribution in [0.2, 0.25) is 0 Å². The number of carbonyl (C=O) groups is 1. The van der Waals surface area contributed by atoms with Crippen molar-refractivity contribution in [2.45, 2.75) is 25.0 Å². The summed E-state index contributed by atoms with van der Waals surface area (Å²) in [6.45, 7) is 3.73. The number of para-hydroxylation sites is 1. The molecular weight excluding hydrogens is 284 g/mol. The number of hydrogen-bond donors (Lipinski definition) is 2. The van der Waals surface area contributed by atoms with Crippen molar-refractivity contribution >= 4 is 23.4 Å². The Morgan fingerprint density at radius 2 is 2.10 bits per heavy atom. The van der Waals surface area contributed by atoms with E-state index in [0.717, 1.165) is 10.8 Å². The van der Waals surface area contributed by atoms with Crippen LogP contribution in [0.5, 0.6) is 0 Å². The Morgan fingerprint density at radius 1 is 1.33 bits per heavy atom. The Morgan fingerprint density at radius 3 is 2.71 bits per heavy atom. The highest BCUT2D eigenvalue weighted by Crippen LogP contribution is 2.23. The topological polar surface area (TPSA) is 62.2 Å². The highest BCUT2D eigenvalue weighted by molar-refractivity contribution is 7.99. The lowest BCUT2D eigenvalue weighted by Crippen LogP contribution is -2.14. The van der Waals surface area contributed by atoms with Gasteiger partial charge in [0.25, 0.3) is 5.91 Å². The summed E-state index contributed by atoms with van der Waals surface area (Å²) in [6, 6.07) is 10.8. The maximum Gasteiger partial charge on any atom is 0.257 e. The van der Waals surface area contributed by atoms with Crippen molar-refractivity contribution in [2.24, 2.45) is 0 Å². The van der Waals surface area contributed by atoms with Gasteiger partial charge < -0.3 is 10.4 Å². The van der Waals surface area contributed by atoms with E-state index in [0.29, 0.717) is 16.8 Å². The van der Waals surface area contributed by atoms with Crippen LogP contribution in [-0.2, 0) is 0 Å². The number of rotatable bonds is 5. The van der Waals surface area contributed by atoms with Gasteiger partial charge >= 0.3 is 0 Å². The summed E-state index contributed by atoms with van der Waals surface area (Å²) in [5, 5.41) is 13.4. The number of carbonyl (C=O) groups excluding carboxylic acids is 1. The average molecular weight is 302 g/mol. The van der Waals surface area contributed by atoms with Crippen LogP contribution < -0.4 is 5.32 Å². The first kappa shape index (κ1) is 15.5. The molecule has 1 amide bonds. The molecule has 0 saturated heterocycles. The molecule has 2 aromatic rings. The number of aliphatic hydroxyl groups excluding tert-OH is 1. The van der Waals surface area contributed by atoms with Crippen LogP contribution in [0.25, 0.3) is 0 Å². The molecule has 1 atom stereocenters. The molecule has 2 rings (SSSR count). The van der Waals surface area contributed by atoms with Crippen LogP contribution in [0, 0.1) is 0 Å². The summed E-state index contributed by atoms with van der Waals surface area (Å²) < 4.78 is 0. The molecule has 0 saturated carbocycles. The van der Waals surface area contributed by atoms with Gasteiger partial charge in [0, 0.05) is 17.4 Å². The van der Waals surface area contributed by atoms with Crippen LogP contribution in [0.3, 0.4) is 0 Å². The summed E-state index contributed by atoms with van der Waals surface area (Å²) in [5.74, 6) is 0.712. The predicted octanol–water partition coefficient (Wildman–Crippen LogP) is 3.50. The van der Waals surface area contributed by atoms with E-state index in [1.807, 2.05) is 18.2 Å². The minimum atomic E-state index is -0.636. The predicted molar refractivity (Wildman–Crippen MR) is 85.7 cm³/mol. The van der Waals surface area contributed by atoms with Gasteiger partial charge in [-0.3, -0.25) is 4.79 Å². The molecule has 0 aliphatic carbocycles. The monoisotopic (exact) mass is 302 g/mol. The van der Waals surface area contributed by atoms with Gasteiger partial charge in [-0.05, 0) is 30.9 Å². The van der Waals surface area contributed by atoms with Crippen molar-refractivity contribution in [1.29, 1.82) is 0 Å². The fourth-order valence-electron chi connectivity index (χ4n) is 1.92. The first-order chi connectivity index (χ1) is 10.1. The number of aliphatic hydroxyl groups is 1. The van der Waals surface area contributed by atoms with E-state index in [1.165, 1.54) is 0 Å². The number of aromatic nitrogens is 1. The van der Waals surface area contributed by atoms with Gasteiger partial charge in [0.2, 0.25) is 0 Å².